The van der Waals surface area contributed by atoms with Crippen molar-refractivity contribution >= 4 is 0 Å². The van der Waals surface area contributed by atoms with Gasteiger partial charge in [0.15, 0.2) is 0 Å². The summed E-state index contributed by atoms with van der Waals surface area (Å²) in [5.41, 5.74) is 6.18. The molecule has 0 bridgehead atoms. The first-order valence-electron chi connectivity index (χ1n) is 9.85. The Kier molecular flexibility index (Phi) is 5.62. The van der Waals surface area contributed by atoms with Crippen LogP contribution in [0.2, 0.25) is 0 Å². The first-order chi connectivity index (χ1) is 14.3. The molecular weight excluding hydrogens is 356 g/mol. The normalized spacial score (nSPS) is 10.7. The quantitative estimate of drug-likeness (QED) is 0.413. The first kappa shape index (κ1) is 18.8. The lowest BCUT2D eigenvalue weighted by molar-refractivity contribution is 0.409. The molecule has 0 unspecified atom stereocenters. The predicted molar refractivity (Wildman–Crippen MR) is 119 cm³/mol. The van der Waals surface area contributed by atoms with Gasteiger partial charge in [-0.1, -0.05) is 91.0 Å². The number of benzene rings is 4. The number of ether oxygens (including phenoxy) is 1. The van der Waals surface area contributed by atoms with Crippen molar-refractivity contribution < 1.29 is 9.84 Å². The van der Waals surface area contributed by atoms with E-state index in [2.05, 4.69) is 30.3 Å². The largest absolute Gasteiger partial charge is 0.507 e. The molecule has 1 N–H and O–H groups in total. The Morgan fingerprint density at radius 3 is 2.10 bits per heavy atom. The van der Waals surface area contributed by atoms with Crippen molar-refractivity contribution in [1.29, 1.82) is 0 Å². The van der Waals surface area contributed by atoms with Gasteiger partial charge in [-0.2, -0.15) is 0 Å². The third-order valence-corrected chi connectivity index (χ3v) is 5.23. The van der Waals surface area contributed by atoms with Crippen molar-refractivity contribution in [3.63, 3.8) is 0 Å². The van der Waals surface area contributed by atoms with Crippen molar-refractivity contribution in [3.8, 4) is 33.8 Å². The van der Waals surface area contributed by atoms with E-state index in [9.17, 15) is 5.11 Å². The van der Waals surface area contributed by atoms with E-state index in [1.807, 2.05) is 66.7 Å². The molecule has 0 heterocycles. The van der Waals surface area contributed by atoms with Gasteiger partial charge in [-0.3, -0.25) is 0 Å². The van der Waals surface area contributed by atoms with E-state index in [1.54, 1.807) is 7.11 Å². The summed E-state index contributed by atoms with van der Waals surface area (Å²) in [6, 6.07) is 32.5. The van der Waals surface area contributed by atoms with Crippen molar-refractivity contribution in [2.24, 2.45) is 0 Å². The van der Waals surface area contributed by atoms with Gasteiger partial charge in [0.1, 0.15) is 11.5 Å². The van der Waals surface area contributed by atoms with Crippen LogP contribution in [0.5, 0.6) is 11.5 Å². The van der Waals surface area contributed by atoms with E-state index in [0.29, 0.717) is 5.75 Å². The van der Waals surface area contributed by atoms with E-state index in [1.165, 1.54) is 11.1 Å². The molecule has 0 saturated carbocycles. The highest BCUT2D eigenvalue weighted by molar-refractivity contribution is 5.82. The molecule has 0 aliphatic rings. The predicted octanol–water partition coefficient (Wildman–Crippen LogP) is 6.52. The number of hydrogen-bond acceptors (Lipinski definition) is 2. The minimum atomic E-state index is 0.320. The summed E-state index contributed by atoms with van der Waals surface area (Å²) in [7, 11) is 1.71. The fourth-order valence-electron chi connectivity index (χ4n) is 3.71. The molecule has 0 atom stereocenters. The van der Waals surface area contributed by atoms with Gasteiger partial charge in [-0.25, -0.2) is 0 Å². The summed E-state index contributed by atoms with van der Waals surface area (Å²) in [5.74, 6) is 1.25. The second-order valence-corrected chi connectivity index (χ2v) is 7.08. The Hall–Kier alpha value is -3.52. The second-order valence-electron chi connectivity index (χ2n) is 7.08. The van der Waals surface area contributed by atoms with Crippen LogP contribution in [0.1, 0.15) is 11.1 Å². The van der Waals surface area contributed by atoms with Crippen molar-refractivity contribution in [2.45, 2.75) is 12.8 Å². The van der Waals surface area contributed by atoms with Crippen LogP contribution in [0.4, 0.5) is 0 Å². The third-order valence-electron chi connectivity index (χ3n) is 5.23. The van der Waals surface area contributed by atoms with Crippen LogP contribution in [-0.2, 0) is 12.8 Å². The minimum absolute atomic E-state index is 0.320. The maximum Gasteiger partial charge on any atom is 0.131 e. The van der Waals surface area contributed by atoms with E-state index >= 15 is 0 Å². The van der Waals surface area contributed by atoms with Crippen LogP contribution in [0.25, 0.3) is 22.3 Å². The SMILES string of the molecule is COc1ccccc1CCc1cccc(-c2cccc(-c3ccccc3)c2O)c1. The third kappa shape index (κ3) is 4.17. The summed E-state index contributed by atoms with van der Waals surface area (Å²) < 4.78 is 5.46. The number of hydrogen-bond donors (Lipinski definition) is 1. The Morgan fingerprint density at radius 2 is 1.31 bits per heavy atom. The molecule has 0 fully saturated rings. The number of aryl methyl sites for hydroxylation is 2. The number of phenolic OH excluding ortho intramolecular Hbond substituents is 1. The van der Waals surface area contributed by atoms with Gasteiger partial charge in [0.2, 0.25) is 0 Å². The Labute approximate surface area is 172 Å². The molecule has 0 aliphatic carbocycles. The molecule has 0 saturated heterocycles. The number of aromatic hydroxyl groups is 1. The van der Waals surface area contributed by atoms with Crippen LogP contribution < -0.4 is 4.74 Å². The van der Waals surface area contributed by atoms with Gasteiger partial charge in [-0.15, -0.1) is 0 Å². The number of rotatable bonds is 6. The maximum atomic E-state index is 10.9. The zero-order valence-electron chi connectivity index (χ0n) is 16.5. The van der Waals surface area contributed by atoms with Crippen LogP contribution in [0.3, 0.4) is 0 Å². The lowest BCUT2D eigenvalue weighted by Gasteiger charge is -2.12. The number of para-hydroxylation sites is 2. The molecule has 0 radical (unpaired) electrons. The van der Waals surface area contributed by atoms with E-state index in [4.69, 9.17) is 4.74 Å². The van der Waals surface area contributed by atoms with Crippen LogP contribution >= 0.6 is 0 Å². The molecule has 2 heteroatoms. The maximum absolute atomic E-state index is 10.9. The van der Waals surface area contributed by atoms with Crippen molar-refractivity contribution in [1.82, 2.24) is 0 Å². The number of methoxy groups -OCH3 is 1. The van der Waals surface area contributed by atoms with Crippen molar-refractivity contribution in [3.05, 3.63) is 108 Å². The number of phenols is 1. The lowest BCUT2D eigenvalue weighted by Crippen LogP contribution is -1.95. The average molecular weight is 380 g/mol. The van der Waals surface area contributed by atoms with Crippen LogP contribution in [-0.4, -0.2) is 12.2 Å². The standard InChI is InChI=1S/C27H24O2/c1-29-26-16-6-5-12-22(26)18-17-20-9-7-13-23(19-20)25-15-8-14-24(27(25)28)21-10-3-2-4-11-21/h2-16,19,28H,17-18H2,1H3. The molecule has 29 heavy (non-hydrogen) atoms. The van der Waals surface area contributed by atoms with Crippen LogP contribution in [0.15, 0.2) is 97.1 Å². The Bertz CT molecular complexity index is 1100. The zero-order valence-corrected chi connectivity index (χ0v) is 16.5. The van der Waals surface area contributed by atoms with Gasteiger partial charge >= 0.3 is 0 Å². The summed E-state index contributed by atoms with van der Waals surface area (Å²) in [5, 5.41) is 10.9. The molecule has 2 nitrogen and oxygen atoms in total. The summed E-state index contributed by atoms with van der Waals surface area (Å²) in [6.07, 6.45) is 1.82. The lowest BCUT2D eigenvalue weighted by atomic mass is 9.95. The van der Waals surface area contributed by atoms with Gasteiger partial charge in [0, 0.05) is 11.1 Å². The van der Waals surface area contributed by atoms with E-state index < -0.39 is 0 Å². The minimum Gasteiger partial charge on any atom is -0.507 e. The smallest absolute Gasteiger partial charge is 0.131 e. The second kappa shape index (κ2) is 8.66. The topological polar surface area (TPSA) is 29.5 Å². The van der Waals surface area contributed by atoms with E-state index in [-0.39, 0.29) is 0 Å². The van der Waals surface area contributed by atoms with Gasteiger partial charge in [0.25, 0.3) is 0 Å². The molecular formula is C27H24O2. The molecule has 0 aromatic heterocycles. The fraction of sp³-hybridized carbons (Fsp3) is 0.111. The van der Waals surface area contributed by atoms with Crippen LogP contribution in [0, 0.1) is 0 Å². The average Bonchev–Trinajstić information content (AvgIpc) is 2.79. The summed E-state index contributed by atoms with van der Waals surface area (Å²) >= 11 is 0. The molecule has 4 rings (SSSR count). The summed E-state index contributed by atoms with van der Waals surface area (Å²) in [6.45, 7) is 0. The van der Waals surface area contributed by atoms with Gasteiger partial charge in [0.05, 0.1) is 7.11 Å². The summed E-state index contributed by atoms with van der Waals surface area (Å²) in [4.78, 5) is 0. The fourth-order valence-corrected chi connectivity index (χ4v) is 3.71. The van der Waals surface area contributed by atoms with Crippen molar-refractivity contribution in [2.75, 3.05) is 7.11 Å². The van der Waals surface area contributed by atoms with Gasteiger partial charge < -0.3 is 9.84 Å². The Balaban J connectivity index is 1.61. The zero-order chi connectivity index (χ0) is 20.1. The molecule has 0 amide bonds. The monoisotopic (exact) mass is 380 g/mol. The molecule has 4 aromatic rings. The molecule has 0 aliphatic heterocycles. The molecule has 0 spiro atoms. The highest BCUT2D eigenvalue weighted by Gasteiger charge is 2.11. The highest BCUT2D eigenvalue weighted by Crippen LogP contribution is 2.38. The van der Waals surface area contributed by atoms with E-state index in [0.717, 1.165) is 40.8 Å². The van der Waals surface area contributed by atoms with Gasteiger partial charge in [-0.05, 0) is 41.2 Å². The molecule has 144 valence electrons. The Morgan fingerprint density at radius 1 is 0.655 bits per heavy atom. The highest BCUT2D eigenvalue weighted by atomic mass is 16.5. The first-order valence-corrected chi connectivity index (χ1v) is 9.85. The molecule has 4 aromatic carbocycles.